The van der Waals surface area contributed by atoms with Crippen LogP contribution in [0.2, 0.25) is 0 Å². The molecule has 4 heterocycles. The Labute approximate surface area is 453 Å². The SMILES string of the molecule is [C-]#[N+]/C(c1nc2ccccc2s1)=c1\c2c(C(C)C)n(B(c3ccccc3)c3ccccc3)/c(=C(/C#N)c3nc4ccccc4s3)c2c(-c2cccc(OCCCN(CC)CC)c2)n1B(c1ccccc1)c1ccccc1. The van der Waals surface area contributed by atoms with Crippen molar-refractivity contribution in [3.8, 4) is 23.1 Å². The van der Waals surface area contributed by atoms with E-state index in [2.05, 4.69) is 204 Å². The molecule has 0 amide bonds. The number of aromatic nitrogens is 4. The summed E-state index contributed by atoms with van der Waals surface area (Å²) in [5.74, 6) is 0.599. The minimum Gasteiger partial charge on any atom is -0.494 e. The molecule has 0 atom stereocenters. The van der Waals surface area contributed by atoms with Crippen molar-refractivity contribution in [2.24, 2.45) is 0 Å². The first-order valence-electron chi connectivity index (χ1n) is 26.1. The third-order valence-electron chi connectivity index (χ3n) is 14.3. The highest BCUT2D eigenvalue weighted by molar-refractivity contribution is 7.20. The van der Waals surface area contributed by atoms with E-state index in [-0.39, 0.29) is 5.92 Å². The number of benzene rings is 7. The molecule has 0 radical (unpaired) electrons. The Kier molecular flexibility index (Phi) is 14.7. The molecule has 0 saturated carbocycles. The Balaban J connectivity index is 1.41. The quantitative estimate of drug-likeness (QED) is 0.0516. The minimum absolute atomic E-state index is 0.140. The number of fused-ring (bicyclic) bond motifs is 3. The number of thiazole rings is 2. The van der Waals surface area contributed by atoms with Gasteiger partial charge >= 0.3 is 13.7 Å². The average molecular weight is 1020 g/mol. The van der Waals surface area contributed by atoms with Gasteiger partial charge in [0.2, 0.25) is 5.70 Å². The molecule has 11 aromatic rings. The van der Waals surface area contributed by atoms with Crippen LogP contribution in [0.3, 0.4) is 0 Å². The fourth-order valence-corrected chi connectivity index (χ4v) is 12.8. The number of nitrogens with zero attached hydrogens (tertiary/aromatic N) is 7. The van der Waals surface area contributed by atoms with Gasteiger partial charge in [-0.25, -0.2) is 14.8 Å². The lowest BCUT2D eigenvalue weighted by Gasteiger charge is -2.25. The van der Waals surface area contributed by atoms with Crippen LogP contribution in [-0.4, -0.2) is 63.8 Å². The van der Waals surface area contributed by atoms with Crippen LogP contribution < -0.4 is 37.3 Å². The van der Waals surface area contributed by atoms with Crippen molar-refractivity contribution in [1.29, 1.82) is 5.26 Å². The molecule has 0 spiro atoms. The Morgan fingerprint density at radius 3 is 1.63 bits per heavy atom. The van der Waals surface area contributed by atoms with Crippen molar-refractivity contribution in [3.05, 3.63) is 232 Å². The predicted octanol–water partition coefficient (Wildman–Crippen LogP) is 10.7. The van der Waals surface area contributed by atoms with Gasteiger partial charge in [-0.15, -0.1) is 22.7 Å². The molecule has 76 heavy (non-hydrogen) atoms. The van der Waals surface area contributed by atoms with Crippen molar-refractivity contribution in [2.45, 2.75) is 40.0 Å². The number of hydrogen-bond acceptors (Lipinski definition) is 7. The van der Waals surface area contributed by atoms with Gasteiger partial charge in [0.05, 0.1) is 39.0 Å². The molecular formula is C64H55B2N7OS2. The fraction of sp³-hybridized carbons (Fsp3) is 0.156. The maximum Gasteiger partial charge on any atom is 0.327 e. The van der Waals surface area contributed by atoms with Crippen LogP contribution in [-0.2, 0) is 0 Å². The zero-order valence-corrected chi connectivity index (χ0v) is 44.7. The van der Waals surface area contributed by atoms with Gasteiger partial charge in [-0.2, -0.15) is 5.26 Å². The first-order valence-corrected chi connectivity index (χ1v) is 27.7. The van der Waals surface area contributed by atoms with Gasteiger partial charge in [0.1, 0.15) is 27.4 Å². The topological polar surface area (TPSA) is 76.3 Å². The second-order valence-electron chi connectivity index (χ2n) is 19.2. The van der Waals surface area contributed by atoms with Gasteiger partial charge in [-0.3, -0.25) is 0 Å². The molecule has 0 aliphatic heterocycles. The first kappa shape index (κ1) is 49.9. The largest absolute Gasteiger partial charge is 0.494 e. The van der Waals surface area contributed by atoms with Crippen LogP contribution in [0.4, 0.5) is 0 Å². The normalized spacial score (nSPS) is 12.3. The maximum atomic E-state index is 12.1. The van der Waals surface area contributed by atoms with Gasteiger partial charge in [-0.1, -0.05) is 207 Å². The molecule has 370 valence electrons. The molecule has 8 nitrogen and oxygen atoms in total. The predicted molar refractivity (Wildman–Crippen MR) is 320 cm³/mol. The van der Waals surface area contributed by atoms with E-state index in [1.165, 1.54) is 22.7 Å². The molecule has 7 aromatic carbocycles. The van der Waals surface area contributed by atoms with Gasteiger partial charge in [0, 0.05) is 39.6 Å². The Morgan fingerprint density at radius 2 is 1.13 bits per heavy atom. The summed E-state index contributed by atoms with van der Waals surface area (Å²) in [6.45, 7) is 20.9. The van der Waals surface area contributed by atoms with E-state index >= 15 is 0 Å². The minimum atomic E-state index is -0.460. The molecule has 4 aromatic heterocycles. The maximum absolute atomic E-state index is 12.1. The van der Waals surface area contributed by atoms with E-state index in [1.807, 2.05) is 42.5 Å². The van der Waals surface area contributed by atoms with E-state index in [0.717, 1.165) is 113 Å². The van der Waals surface area contributed by atoms with Crippen LogP contribution in [0.15, 0.2) is 194 Å². The molecule has 0 saturated heterocycles. The smallest absolute Gasteiger partial charge is 0.327 e. The average Bonchev–Trinajstić information content (AvgIpc) is 4.45. The number of nitriles is 1. The fourth-order valence-electron chi connectivity index (χ4n) is 10.9. The summed E-state index contributed by atoms with van der Waals surface area (Å²) in [5.41, 5.74) is 9.43. The zero-order valence-electron chi connectivity index (χ0n) is 43.1. The second-order valence-corrected chi connectivity index (χ2v) is 21.3. The lowest BCUT2D eigenvalue weighted by Crippen LogP contribution is -2.54. The van der Waals surface area contributed by atoms with Gasteiger partial charge < -0.3 is 18.6 Å². The molecule has 0 fully saturated rings. The van der Waals surface area contributed by atoms with Crippen LogP contribution in [0.25, 0.3) is 58.6 Å². The highest BCUT2D eigenvalue weighted by atomic mass is 32.1. The van der Waals surface area contributed by atoms with E-state index < -0.39 is 13.7 Å². The number of ether oxygens (including phenoxy) is 1. The molecule has 0 aliphatic rings. The van der Waals surface area contributed by atoms with Crippen LogP contribution in [0, 0.1) is 17.9 Å². The second kappa shape index (κ2) is 22.3. The van der Waals surface area contributed by atoms with E-state index in [9.17, 15) is 11.8 Å². The Bertz CT molecular complexity index is 3820. The van der Waals surface area contributed by atoms with E-state index in [1.54, 1.807) is 0 Å². The highest BCUT2D eigenvalue weighted by Gasteiger charge is 2.37. The summed E-state index contributed by atoms with van der Waals surface area (Å²) < 4.78 is 13.5. The van der Waals surface area contributed by atoms with Crippen LogP contribution in [0.5, 0.6) is 5.75 Å². The standard InChI is InChI=1S/C64H55B2N7OS2/c1-6-71(7-2)40-25-41-74-50-35-24-26-45(42-50)60-57-56(62(58(68-5)64-70-53-37-21-23-39-55(53)76-64)73(60)66(48-31-16-10-17-32-48)49-33-18-11-19-34-49)59(44(3)4)72(65(46-27-12-8-13-28-46)47-29-14-9-15-30-47)61(57)51(43-67)63-69-52-36-20-22-38-54(52)75-63/h8-24,26-39,42,44H,6-7,25,40-41H2,1-4H3/b61-51-,62-58+. The summed E-state index contributed by atoms with van der Waals surface area (Å²) in [6, 6.07) is 69.8. The third-order valence-corrected chi connectivity index (χ3v) is 16.4. The van der Waals surface area contributed by atoms with E-state index in [0.29, 0.717) is 27.9 Å². The number of para-hydroxylation sites is 2. The third kappa shape index (κ3) is 9.45. The van der Waals surface area contributed by atoms with Crippen molar-refractivity contribution in [1.82, 2.24) is 23.8 Å². The van der Waals surface area contributed by atoms with Crippen molar-refractivity contribution in [2.75, 3.05) is 26.2 Å². The summed E-state index contributed by atoms with van der Waals surface area (Å²) >= 11 is 3.06. The molecular weight excluding hydrogens is 969 g/mol. The van der Waals surface area contributed by atoms with Crippen LogP contribution in [0.1, 0.15) is 55.7 Å². The monoisotopic (exact) mass is 1020 g/mol. The van der Waals surface area contributed by atoms with Crippen molar-refractivity contribution in [3.63, 3.8) is 0 Å². The van der Waals surface area contributed by atoms with Crippen molar-refractivity contribution < 1.29 is 4.74 Å². The zero-order chi connectivity index (χ0) is 52.1. The molecule has 0 aliphatic carbocycles. The van der Waals surface area contributed by atoms with Crippen LogP contribution >= 0.6 is 22.7 Å². The lowest BCUT2D eigenvalue weighted by molar-refractivity contribution is 0.249. The summed E-state index contributed by atoms with van der Waals surface area (Å²) in [7, 11) is 0. The Morgan fingerprint density at radius 1 is 0.632 bits per heavy atom. The van der Waals surface area contributed by atoms with Gasteiger partial charge in [0.15, 0.2) is 0 Å². The van der Waals surface area contributed by atoms with Gasteiger partial charge in [0.25, 0.3) is 0 Å². The van der Waals surface area contributed by atoms with Crippen molar-refractivity contribution >= 4 is 101 Å². The summed E-state index contributed by atoms with van der Waals surface area (Å²) in [6.07, 6.45) is 0.875. The molecule has 0 bridgehead atoms. The molecule has 0 N–H and O–H groups in total. The lowest BCUT2D eigenvalue weighted by atomic mass is 9.50. The first-order chi connectivity index (χ1) is 37.4. The summed E-state index contributed by atoms with van der Waals surface area (Å²) in [4.78, 5) is 17.6. The highest BCUT2D eigenvalue weighted by Crippen LogP contribution is 2.38. The molecule has 0 unspecified atom stereocenters. The number of hydrogen-bond donors (Lipinski definition) is 0. The molecule has 11 rings (SSSR count). The van der Waals surface area contributed by atoms with Gasteiger partial charge in [-0.05, 0) is 61.8 Å². The molecule has 12 heteroatoms. The Hall–Kier alpha value is -8.25. The summed E-state index contributed by atoms with van der Waals surface area (Å²) in [5, 5.41) is 16.6. The van der Waals surface area contributed by atoms with E-state index in [4.69, 9.17) is 14.7 Å². The number of rotatable bonds is 17.